The van der Waals surface area contributed by atoms with E-state index in [2.05, 4.69) is 47.0 Å². The quantitative estimate of drug-likeness (QED) is 0.469. The molecular weight excluding hydrogens is 408 g/mol. The number of benzene rings is 1. The third-order valence-electron chi connectivity index (χ3n) is 5.78. The molecule has 172 valence electrons. The molecule has 2 amide bonds. The van der Waals surface area contributed by atoms with E-state index in [0.29, 0.717) is 23.5 Å². The van der Waals surface area contributed by atoms with Crippen LogP contribution in [-0.2, 0) is 15.1 Å². The minimum Gasteiger partial charge on any atom is -0.369 e. The van der Waals surface area contributed by atoms with Crippen LogP contribution in [0.25, 0.3) is 0 Å². The Balaban J connectivity index is 1.83. The highest BCUT2D eigenvalue weighted by Crippen LogP contribution is 2.40. The van der Waals surface area contributed by atoms with Gasteiger partial charge in [-0.25, -0.2) is 4.68 Å². The number of nitrogens with two attached hydrogens (primary N) is 1. The molecule has 2 heterocycles. The van der Waals surface area contributed by atoms with Crippen LogP contribution in [0.15, 0.2) is 30.3 Å². The molecule has 1 aromatic heterocycles. The van der Waals surface area contributed by atoms with Crippen LogP contribution in [0.5, 0.6) is 0 Å². The second-order valence-electron chi connectivity index (χ2n) is 8.82. The van der Waals surface area contributed by atoms with Gasteiger partial charge >= 0.3 is 0 Å². The van der Waals surface area contributed by atoms with Crippen molar-refractivity contribution >= 4 is 23.4 Å². The van der Waals surface area contributed by atoms with Crippen LogP contribution in [0.3, 0.4) is 0 Å². The number of carbonyl (C=O) groups excluding carboxylic acids is 3. The van der Waals surface area contributed by atoms with E-state index in [-0.39, 0.29) is 36.4 Å². The maximum atomic E-state index is 13.3. The van der Waals surface area contributed by atoms with Crippen LogP contribution >= 0.6 is 0 Å². The second-order valence-corrected chi connectivity index (χ2v) is 8.82. The Bertz CT molecular complexity index is 999. The van der Waals surface area contributed by atoms with Crippen LogP contribution < -0.4 is 21.7 Å². The van der Waals surface area contributed by atoms with Crippen LogP contribution in [0, 0.1) is 6.92 Å². The highest BCUT2D eigenvalue weighted by atomic mass is 16.2. The summed E-state index contributed by atoms with van der Waals surface area (Å²) in [6.45, 7) is 7.69. The van der Waals surface area contributed by atoms with Gasteiger partial charge in [0.2, 0.25) is 5.91 Å². The lowest BCUT2D eigenvalue weighted by Gasteiger charge is -2.38. The van der Waals surface area contributed by atoms with E-state index in [9.17, 15) is 14.4 Å². The van der Waals surface area contributed by atoms with Crippen molar-refractivity contribution in [2.45, 2.75) is 58.2 Å². The van der Waals surface area contributed by atoms with E-state index in [1.54, 1.807) is 6.92 Å². The van der Waals surface area contributed by atoms with Crippen molar-refractivity contribution < 1.29 is 14.4 Å². The van der Waals surface area contributed by atoms with Crippen LogP contribution in [-0.4, -0.2) is 46.5 Å². The van der Waals surface area contributed by atoms with Gasteiger partial charge in [0.15, 0.2) is 5.78 Å². The normalized spacial score (nSPS) is 17.7. The Labute approximate surface area is 188 Å². The summed E-state index contributed by atoms with van der Waals surface area (Å²) in [6.07, 6.45) is 1.24. The molecule has 0 saturated carbocycles. The van der Waals surface area contributed by atoms with Crippen LogP contribution in [0.1, 0.15) is 61.3 Å². The molecule has 9 heteroatoms. The Morgan fingerprint density at radius 1 is 1.25 bits per heavy atom. The number of anilines is 1. The fourth-order valence-electron chi connectivity index (χ4n) is 4.13. The summed E-state index contributed by atoms with van der Waals surface area (Å²) in [4.78, 5) is 36.6. The van der Waals surface area contributed by atoms with Gasteiger partial charge in [-0.3, -0.25) is 14.4 Å². The minimum atomic E-state index is -0.681. The highest BCUT2D eigenvalue weighted by Gasteiger charge is 2.38. The van der Waals surface area contributed by atoms with Crippen molar-refractivity contribution in [3.8, 4) is 0 Å². The standard InChI is InChI=1S/C23H32N6O3/c1-5-16(18(30)12-25-13-19(24)31)27-22(32)20-14(2)28-29-21(20)26-17(11-23(29,3)4)15-9-7-6-8-10-15/h6-10,16-17,25-26H,5,11-13H2,1-4H3,(H2,24,31)(H,27,32)/t16?,17-/m1/s1. The SMILES string of the molecule is CCC(NC(=O)c1c(C)nn2c1N[C@@H](c1ccccc1)CC2(C)C)C(=O)CNCC(N)=O. The molecule has 9 nitrogen and oxygen atoms in total. The average Bonchev–Trinajstić information content (AvgIpc) is 3.08. The third-order valence-corrected chi connectivity index (χ3v) is 5.78. The predicted octanol–water partition coefficient (Wildman–Crippen LogP) is 1.64. The first-order valence-electron chi connectivity index (χ1n) is 10.9. The second kappa shape index (κ2) is 9.52. The van der Waals surface area contributed by atoms with Gasteiger partial charge in [-0.05, 0) is 39.2 Å². The van der Waals surface area contributed by atoms with E-state index in [1.165, 1.54) is 0 Å². The number of hydrogen-bond acceptors (Lipinski definition) is 6. The Morgan fingerprint density at radius 2 is 1.94 bits per heavy atom. The van der Waals surface area contributed by atoms with Gasteiger partial charge < -0.3 is 21.7 Å². The van der Waals surface area contributed by atoms with Crippen molar-refractivity contribution in [3.63, 3.8) is 0 Å². The van der Waals surface area contributed by atoms with Crippen molar-refractivity contribution in [1.82, 2.24) is 20.4 Å². The van der Waals surface area contributed by atoms with E-state index in [1.807, 2.05) is 29.8 Å². The fourth-order valence-corrected chi connectivity index (χ4v) is 4.13. The number of carbonyl (C=O) groups is 3. The summed E-state index contributed by atoms with van der Waals surface area (Å²) in [7, 11) is 0. The van der Waals surface area contributed by atoms with Gasteiger partial charge in [-0.1, -0.05) is 37.3 Å². The van der Waals surface area contributed by atoms with E-state index in [0.717, 1.165) is 12.0 Å². The monoisotopic (exact) mass is 440 g/mol. The Kier molecular flexibility index (Phi) is 6.98. The number of fused-ring (bicyclic) bond motifs is 1. The van der Waals surface area contributed by atoms with Gasteiger partial charge in [0.25, 0.3) is 5.91 Å². The van der Waals surface area contributed by atoms with Crippen molar-refractivity contribution in [3.05, 3.63) is 47.2 Å². The molecule has 3 rings (SSSR count). The lowest BCUT2D eigenvalue weighted by atomic mass is 9.89. The minimum absolute atomic E-state index is 0.0305. The zero-order chi connectivity index (χ0) is 23.5. The van der Waals surface area contributed by atoms with Crippen LogP contribution in [0.2, 0.25) is 0 Å². The Morgan fingerprint density at radius 3 is 2.56 bits per heavy atom. The first kappa shape index (κ1) is 23.5. The summed E-state index contributed by atoms with van der Waals surface area (Å²) in [5, 5.41) is 13.7. The summed E-state index contributed by atoms with van der Waals surface area (Å²) in [6, 6.07) is 9.46. The number of ketones is 1. The lowest BCUT2D eigenvalue weighted by molar-refractivity contribution is -0.120. The number of nitrogens with zero attached hydrogens (tertiary/aromatic N) is 2. The maximum absolute atomic E-state index is 13.3. The largest absolute Gasteiger partial charge is 0.369 e. The molecule has 2 aromatic rings. The molecule has 2 atom stereocenters. The van der Waals surface area contributed by atoms with Crippen LogP contribution in [0.4, 0.5) is 5.82 Å². The molecule has 32 heavy (non-hydrogen) atoms. The zero-order valence-electron chi connectivity index (χ0n) is 19.1. The first-order chi connectivity index (χ1) is 15.1. The number of aryl methyl sites for hydroxylation is 1. The summed E-state index contributed by atoms with van der Waals surface area (Å²) in [5.41, 5.74) is 6.96. The molecule has 0 radical (unpaired) electrons. The number of Topliss-reactive ketones (excluding diaryl/α,β-unsaturated/α-hetero) is 1. The van der Waals surface area contributed by atoms with Crippen molar-refractivity contribution in [2.24, 2.45) is 5.73 Å². The summed E-state index contributed by atoms with van der Waals surface area (Å²) >= 11 is 0. The molecule has 0 fully saturated rings. The summed E-state index contributed by atoms with van der Waals surface area (Å²) in [5.74, 6) is -0.454. The van der Waals surface area contributed by atoms with Crippen molar-refractivity contribution in [2.75, 3.05) is 18.4 Å². The van der Waals surface area contributed by atoms with E-state index < -0.39 is 11.9 Å². The van der Waals surface area contributed by atoms with E-state index in [4.69, 9.17) is 5.73 Å². The van der Waals surface area contributed by atoms with Gasteiger partial charge in [0.1, 0.15) is 11.4 Å². The maximum Gasteiger partial charge on any atom is 0.257 e. The lowest BCUT2D eigenvalue weighted by Crippen LogP contribution is -2.45. The fraction of sp³-hybridized carbons (Fsp3) is 0.478. The number of amides is 2. The number of rotatable bonds is 9. The van der Waals surface area contributed by atoms with Gasteiger partial charge in [-0.2, -0.15) is 5.10 Å². The number of aromatic nitrogens is 2. The molecule has 0 spiro atoms. The van der Waals surface area contributed by atoms with Gasteiger partial charge in [0.05, 0.1) is 36.4 Å². The zero-order valence-corrected chi connectivity index (χ0v) is 19.1. The molecule has 1 aromatic carbocycles. The average molecular weight is 441 g/mol. The topological polar surface area (TPSA) is 131 Å². The smallest absolute Gasteiger partial charge is 0.257 e. The number of nitrogens with one attached hydrogen (secondary N) is 3. The molecule has 1 unspecified atom stereocenters. The molecule has 5 N–H and O–H groups in total. The number of primary amides is 1. The van der Waals surface area contributed by atoms with Gasteiger partial charge in [0, 0.05) is 0 Å². The third kappa shape index (κ3) is 4.99. The Hall–Kier alpha value is -3.20. The molecular formula is C23H32N6O3. The predicted molar refractivity (Wildman–Crippen MR) is 122 cm³/mol. The molecule has 0 aliphatic carbocycles. The first-order valence-corrected chi connectivity index (χ1v) is 10.9. The summed E-state index contributed by atoms with van der Waals surface area (Å²) < 4.78 is 1.87. The molecule has 0 saturated heterocycles. The number of hydrogen-bond donors (Lipinski definition) is 4. The molecule has 1 aliphatic heterocycles. The van der Waals surface area contributed by atoms with Crippen molar-refractivity contribution in [1.29, 1.82) is 0 Å². The van der Waals surface area contributed by atoms with Gasteiger partial charge in [-0.15, -0.1) is 0 Å². The molecule has 1 aliphatic rings. The highest BCUT2D eigenvalue weighted by molar-refractivity contribution is 6.03. The molecule has 0 bridgehead atoms. The van der Waals surface area contributed by atoms with E-state index >= 15 is 0 Å².